The molecule has 1 atom stereocenters. The predicted molar refractivity (Wildman–Crippen MR) is 80.9 cm³/mol. The van der Waals surface area contributed by atoms with Gasteiger partial charge in [-0.3, -0.25) is 0 Å². The van der Waals surface area contributed by atoms with E-state index in [4.69, 9.17) is 4.74 Å². The molecule has 0 aromatic heterocycles. The molecule has 0 radical (unpaired) electrons. The second-order valence-corrected chi connectivity index (χ2v) is 8.67. The molecule has 1 rings (SSSR count). The Morgan fingerprint density at radius 3 is 2.37 bits per heavy atom. The van der Waals surface area contributed by atoms with Gasteiger partial charge in [-0.05, 0) is 61.3 Å². The normalized spacial score (nSPS) is 14.2. The molecule has 0 aliphatic heterocycles. The van der Waals surface area contributed by atoms with Crippen molar-refractivity contribution in [2.24, 2.45) is 0 Å². The van der Waals surface area contributed by atoms with Crippen molar-refractivity contribution in [3.8, 4) is 5.75 Å². The maximum atomic E-state index is 12.1. The van der Waals surface area contributed by atoms with Crippen LogP contribution in [0.2, 0.25) is 0 Å². The van der Waals surface area contributed by atoms with Crippen molar-refractivity contribution < 1.29 is 13.2 Å². The van der Waals surface area contributed by atoms with E-state index < -0.39 is 14.8 Å². The number of halogens is 1. The number of benzene rings is 1. The van der Waals surface area contributed by atoms with Gasteiger partial charge in [0.2, 0.25) is 10.0 Å². The average molecular weight is 350 g/mol. The zero-order valence-electron chi connectivity index (χ0n) is 11.8. The quantitative estimate of drug-likeness (QED) is 0.907. The molecule has 0 saturated heterocycles. The highest BCUT2D eigenvalue weighted by molar-refractivity contribution is 9.10. The molecule has 1 aromatic rings. The number of methoxy groups -OCH3 is 1. The lowest BCUT2D eigenvalue weighted by atomic mass is 10.1. The summed E-state index contributed by atoms with van der Waals surface area (Å²) in [6.45, 7) is 6.82. The fourth-order valence-electron chi connectivity index (χ4n) is 1.42. The van der Waals surface area contributed by atoms with Crippen molar-refractivity contribution in [3.05, 3.63) is 28.2 Å². The maximum Gasteiger partial charge on any atom is 0.217 e. The summed E-state index contributed by atoms with van der Waals surface area (Å²) >= 11 is 3.37. The van der Waals surface area contributed by atoms with E-state index in [1.54, 1.807) is 27.9 Å². The molecule has 19 heavy (non-hydrogen) atoms. The summed E-state index contributed by atoms with van der Waals surface area (Å²) in [5.41, 5.74) is 0.855. The first-order chi connectivity index (χ1) is 8.58. The van der Waals surface area contributed by atoms with Gasteiger partial charge in [0.1, 0.15) is 5.75 Å². The first-order valence-electron chi connectivity index (χ1n) is 5.94. The minimum absolute atomic E-state index is 0.314. The van der Waals surface area contributed by atoms with Crippen LogP contribution in [0.3, 0.4) is 0 Å². The third-order valence-electron chi connectivity index (χ3n) is 2.81. The van der Waals surface area contributed by atoms with Gasteiger partial charge < -0.3 is 4.74 Å². The third-order valence-corrected chi connectivity index (χ3v) is 5.74. The van der Waals surface area contributed by atoms with Crippen molar-refractivity contribution in [2.45, 2.75) is 38.5 Å². The van der Waals surface area contributed by atoms with E-state index in [0.29, 0.717) is 5.75 Å². The smallest absolute Gasteiger partial charge is 0.217 e. The number of rotatable bonds is 4. The van der Waals surface area contributed by atoms with Crippen LogP contribution < -0.4 is 9.46 Å². The highest BCUT2D eigenvalue weighted by Crippen LogP contribution is 2.29. The molecule has 0 saturated carbocycles. The molecule has 4 nitrogen and oxygen atoms in total. The van der Waals surface area contributed by atoms with Gasteiger partial charge >= 0.3 is 0 Å². The van der Waals surface area contributed by atoms with Crippen molar-refractivity contribution in [1.29, 1.82) is 0 Å². The Morgan fingerprint density at radius 2 is 1.89 bits per heavy atom. The Bertz CT molecular complexity index is 549. The summed E-state index contributed by atoms with van der Waals surface area (Å²) in [5.74, 6) is 0.680. The van der Waals surface area contributed by atoms with Gasteiger partial charge in [-0.25, -0.2) is 13.1 Å². The zero-order valence-corrected chi connectivity index (χ0v) is 14.2. The van der Waals surface area contributed by atoms with Crippen LogP contribution in [-0.2, 0) is 10.0 Å². The average Bonchev–Trinajstić information content (AvgIpc) is 2.27. The SMILES string of the molecule is COc1cc(C(C)NS(=O)(=O)C(C)(C)C)ccc1Br. The van der Waals surface area contributed by atoms with Crippen LogP contribution >= 0.6 is 15.9 Å². The molecule has 0 aliphatic rings. The molecule has 108 valence electrons. The number of hydrogen-bond donors (Lipinski definition) is 1. The van der Waals surface area contributed by atoms with Crippen molar-refractivity contribution in [2.75, 3.05) is 7.11 Å². The summed E-state index contributed by atoms with van der Waals surface area (Å²) in [5, 5.41) is 0. The van der Waals surface area contributed by atoms with Crippen molar-refractivity contribution >= 4 is 26.0 Å². The lowest BCUT2D eigenvalue weighted by Gasteiger charge is -2.23. The van der Waals surface area contributed by atoms with E-state index >= 15 is 0 Å². The molecule has 0 amide bonds. The first-order valence-corrected chi connectivity index (χ1v) is 8.21. The van der Waals surface area contributed by atoms with Crippen molar-refractivity contribution in [3.63, 3.8) is 0 Å². The minimum atomic E-state index is -3.38. The molecule has 0 bridgehead atoms. The highest BCUT2D eigenvalue weighted by Gasteiger charge is 2.30. The zero-order chi connectivity index (χ0) is 14.8. The van der Waals surface area contributed by atoms with Gasteiger partial charge in [0.15, 0.2) is 0 Å². The summed E-state index contributed by atoms with van der Waals surface area (Å²) in [4.78, 5) is 0. The maximum absolute atomic E-state index is 12.1. The molecule has 1 unspecified atom stereocenters. The van der Waals surface area contributed by atoms with Crippen LogP contribution in [0.4, 0.5) is 0 Å². The van der Waals surface area contributed by atoms with E-state index in [9.17, 15) is 8.42 Å². The van der Waals surface area contributed by atoms with Crippen LogP contribution in [-0.4, -0.2) is 20.3 Å². The van der Waals surface area contributed by atoms with Crippen LogP contribution in [0.25, 0.3) is 0 Å². The topological polar surface area (TPSA) is 55.4 Å². The molecule has 0 spiro atoms. The molecule has 1 aromatic carbocycles. The summed E-state index contributed by atoms with van der Waals surface area (Å²) < 4.78 is 32.1. The van der Waals surface area contributed by atoms with Crippen molar-refractivity contribution in [1.82, 2.24) is 4.72 Å². The highest BCUT2D eigenvalue weighted by atomic mass is 79.9. The Labute approximate surface area is 123 Å². The Hall–Kier alpha value is -0.590. The number of ether oxygens (including phenoxy) is 1. The Kier molecular flexibility index (Phi) is 5.03. The lowest BCUT2D eigenvalue weighted by molar-refractivity contribution is 0.411. The summed E-state index contributed by atoms with van der Waals surface area (Å²) in [7, 11) is -1.80. The van der Waals surface area contributed by atoms with Crippen LogP contribution in [0.5, 0.6) is 5.75 Å². The second-order valence-electron chi connectivity index (χ2n) is 5.35. The standard InChI is InChI=1S/C13H20BrNO3S/c1-9(15-19(16,17)13(2,3)4)10-6-7-11(14)12(8-10)18-5/h6-9,15H,1-5H3. The molecule has 1 N–H and O–H groups in total. The lowest BCUT2D eigenvalue weighted by Crippen LogP contribution is -2.40. The Morgan fingerprint density at radius 1 is 1.32 bits per heavy atom. The fourth-order valence-corrected chi connectivity index (χ4v) is 2.79. The van der Waals surface area contributed by atoms with Gasteiger partial charge in [-0.2, -0.15) is 0 Å². The minimum Gasteiger partial charge on any atom is -0.496 e. The number of sulfonamides is 1. The van der Waals surface area contributed by atoms with Crippen LogP contribution in [0.15, 0.2) is 22.7 Å². The van der Waals surface area contributed by atoms with Gasteiger partial charge in [0, 0.05) is 6.04 Å². The van der Waals surface area contributed by atoms with E-state index in [2.05, 4.69) is 20.7 Å². The predicted octanol–water partition coefficient (Wildman–Crippen LogP) is 3.24. The largest absolute Gasteiger partial charge is 0.496 e. The fraction of sp³-hybridized carbons (Fsp3) is 0.538. The number of hydrogen-bond acceptors (Lipinski definition) is 3. The van der Waals surface area contributed by atoms with E-state index in [1.165, 1.54) is 0 Å². The molecule has 0 heterocycles. The van der Waals surface area contributed by atoms with Gasteiger partial charge in [-0.1, -0.05) is 6.07 Å². The van der Waals surface area contributed by atoms with Gasteiger partial charge in [0.05, 0.1) is 16.3 Å². The van der Waals surface area contributed by atoms with Crippen LogP contribution in [0, 0.1) is 0 Å². The van der Waals surface area contributed by atoms with E-state index in [-0.39, 0.29) is 6.04 Å². The molecular formula is C13H20BrNO3S. The third kappa shape index (κ3) is 3.94. The molecule has 0 aliphatic carbocycles. The van der Waals surface area contributed by atoms with Gasteiger partial charge in [0.25, 0.3) is 0 Å². The van der Waals surface area contributed by atoms with Crippen LogP contribution in [0.1, 0.15) is 39.3 Å². The summed E-state index contributed by atoms with van der Waals surface area (Å²) in [6, 6.07) is 5.21. The van der Waals surface area contributed by atoms with Gasteiger partial charge in [-0.15, -0.1) is 0 Å². The van der Waals surface area contributed by atoms with E-state index in [1.807, 2.05) is 25.1 Å². The first kappa shape index (κ1) is 16.5. The number of nitrogens with one attached hydrogen (secondary N) is 1. The monoisotopic (exact) mass is 349 g/mol. The van der Waals surface area contributed by atoms with E-state index in [0.717, 1.165) is 10.0 Å². The summed E-state index contributed by atoms with van der Waals surface area (Å²) in [6.07, 6.45) is 0. The molecule has 6 heteroatoms. The Balaban J connectivity index is 3.00. The molecule has 0 fully saturated rings. The second kappa shape index (κ2) is 5.81. The molecular weight excluding hydrogens is 330 g/mol.